The van der Waals surface area contributed by atoms with Gasteiger partial charge in [-0.25, -0.2) is 0 Å². The van der Waals surface area contributed by atoms with Crippen molar-refractivity contribution in [2.24, 2.45) is 11.8 Å². The molecule has 0 saturated carbocycles. The Morgan fingerprint density at radius 3 is 2.31 bits per heavy atom. The number of hydrogen-bond donors (Lipinski definition) is 1. The Balaban J connectivity index is 1.67. The molecule has 1 N–H and O–H groups in total. The van der Waals surface area contributed by atoms with Crippen molar-refractivity contribution in [1.29, 1.82) is 0 Å². The fourth-order valence-corrected chi connectivity index (χ4v) is 3.18. The van der Waals surface area contributed by atoms with Gasteiger partial charge in [0.2, 0.25) is 0 Å². The van der Waals surface area contributed by atoms with Crippen LogP contribution in [0.3, 0.4) is 0 Å². The fraction of sp³-hybridized carbons (Fsp3) is 1.00. The molecule has 0 aromatic carbocycles. The average molecular weight is 226 g/mol. The van der Waals surface area contributed by atoms with Gasteiger partial charge in [0.25, 0.3) is 0 Å². The molecule has 3 heteroatoms. The van der Waals surface area contributed by atoms with E-state index >= 15 is 0 Å². The van der Waals surface area contributed by atoms with Gasteiger partial charge in [-0.15, -0.1) is 0 Å². The van der Waals surface area contributed by atoms with Gasteiger partial charge >= 0.3 is 0 Å². The minimum atomic E-state index is 0.887. The molecule has 0 unspecified atom stereocenters. The van der Waals surface area contributed by atoms with E-state index in [0.29, 0.717) is 0 Å². The van der Waals surface area contributed by atoms with Crippen LogP contribution in [0.25, 0.3) is 0 Å². The number of likely N-dealkylation sites (tertiary alicyclic amines) is 1. The van der Waals surface area contributed by atoms with Crippen LogP contribution in [0.4, 0.5) is 0 Å². The SMILES string of the molecule is COCCN1CCC(C2CCNCC2)CC1. The van der Waals surface area contributed by atoms with Crippen LogP contribution in [0.2, 0.25) is 0 Å². The molecule has 0 aliphatic carbocycles. The summed E-state index contributed by atoms with van der Waals surface area (Å²) in [7, 11) is 1.79. The number of methoxy groups -OCH3 is 1. The molecule has 0 bridgehead atoms. The zero-order chi connectivity index (χ0) is 11.2. The molecule has 2 saturated heterocycles. The molecule has 0 atom stereocenters. The third kappa shape index (κ3) is 3.44. The zero-order valence-electron chi connectivity index (χ0n) is 10.6. The quantitative estimate of drug-likeness (QED) is 0.783. The highest BCUT2D eigenvalue weighted by molar-refractivity contribution is 4.80. The molecule has 94 valence electrons. The van der Waals surface area contributed by atoms with Crippen LogP contribution in [0.15, 0.2) is 0 Å². The first-order chi connectivity index (χ1) is 7.90. The first-order valence-electron chi connectivity index (χ1n) is 6.82. The number of rotatable bonds is 4. The normalized spacial score (nSPS) is 26.1. The van der Waals surface area contributed by atoms with E-state index < -0.39 is 0 Å². The van der Waals surface area contributed by atoms with Gasteiger partial charge in [0.15, 0.2) is 0 Å². The van der Waals surface area contributed by atoms with Crippen molar-refractivity contribution in [2.45, 2.75) is 25.7 Å². The molecule has 0 aromatic heterocycles. The van der Waals surface area contributed by atoms with E-state index in [9.17, 15) is 0 Å². The molecule has 2 aliphatic rings. The number of nitrogens with one attached hydrogen (secondary N) is 1. The van der Waals surface area contributed by atoms with E-state index in [-0.39, 0.29) is 0 Å². The van der Waals surface area contributed by atoms with Crippen molar-refractivity contribution >= 4 is 0 Å². The summed E-state index contributed by atoms with van der Waals surface area (Å²) in [4.78, 5) is 2.56. The van der Waals surface area contributed by atoms with E-state index in [4.69, 9.17) is 4.74 Å². The Hall–Kier alpha value is -0.120. The van der Waals surface area contributed by atoms with Crippen LogP contribution in [-0.4, -0.2) is 51.3 Å². The summed E-state index contributed by atoms with van der Waals surface area (Å²) in [6, 6.07) is 0. The maximum atomic E-state index is 5.14. The lowest BCUT2D eigenvalue weighted by Gasteiger charge is -2.37. The summed E-state index contributed by atoms with van der Waals surface area (Å²) in [5.41, 5.74) is 0. The van der Waals surface area contributed by atoms with E-state index in [1.165, 1.54) is 51.9 Å². The van der Waals surface area contributed by atoms with Gasteiger partial charge in [-0.05, 0) is 63.7 Å². The van der Waals surface area contributed by atoms with Gasteiger partial charge in [-0.2, -0.15) is 0 Å². The third-order valence-corrected chi connectivity index (χ3v) is 4.29. The van der Waals surface area contributed by atoms with Gasteiger partial charge in [0, 0.05) is 13.7 Å². The summed E-state index contributed by atoms with van der Waals surface area (Å²) in [5.74, 6) is 2.01. The second-order valence-electron chi connectivity index (χ2n) is 5.26. The van der Waals surface area contributed by atoms with Gasteiger partial charge in [-0.3, -0.25) is 0 Å². The van der Waals surface area contributed by atoms with E-state index in [1.807, 2.05) is 0 Å². The van der Waals surface area contributed by atoms with Gasteiger partial charge < -0.3 is 15.0 Å². The van der Waals surface area contributed by atoms with Crippen LogP contribution < -0.4 is 5.32 Å². The first kappa shape index (κ1) is 12.3. The summed E-state index contributed by atoms with van der Waals surface area (Å²) in [6.07, 6.45) is 5.63. The molecular weight excluding hydrogens is 200 g/mol. The number of ether oxygens (including phenoxy) is 1. The Bertz CT molecular complexity index is 184. The standard InChI is InChI=1S/C13H26N2O/c1-16-11-10-15-8-4-13(5-9-15)12-2-6-14-7-3-12/h12-14H,2-11H2,1H3. The van der Waals surface area contributed by atoms with Crippen molar-refractivity contribution in [3.63, 3.8) is 0 Å². The van der Waals surface area contributed by atoms with Crippen LogP contribution in [-0.2, 0) is 4.74 Å². The van der Waals surface area contributed by atoms with Crippen LogP contribution in [0, 0.1) is 11.8 Å². The number of piperidine rings is 2. The zero-order valence-corrected chi connectivity index (χ0v) is 10.6. The van der Waals surface area contributed by atoms with Crippen molar-refractivity contribution in [1.82, 2.24) is 10.2 Å². The maximum absolute atomic E-state index is 5.14. The highest BCUT2D eigenvalue weighted by Crippen LogP contribution is 2.30. The molecule has 0 spiro atoms. The third-order valence-electron chi connectivity index (χ3n) is 4.29. The molecule has 0 amide bonds. The first-order valence-corrected chi connectivity index (χ1v) is 6.82. The van der Waals surface area contributed by atoms with E-state index in [0.717, 1.165) is 25.0 Å². The predicted octanol–water partition coefficient (Wildman–Crippen LogP) is 1.34. The van der Waals surface area contributed by atoms with Crippen LogP contribution in [0.5, 0.6) is 0 Å². The smallest absolute Gasteiger partial charge is 0.0589 e. The van der Waals surface area contributed by atoms with E-state index in [1.54, 1.807) is 7.11 Å². The second-order valence-corrected chi connectivity index (χ2v) is 5.26. The molecule has 2 aliphatic heterocycles. The average Bonchev–Trinajstić information content (AvgIpc) is 2.38. The highest BCUT2D eigenvalue weighted by Gasteiger charge is 2.27. The molecule has 0 radical (unpaired) electrons. The predicted molar refractivity (Wildman–Crippen MR) is 66.6 cm³/mol. The molecule has 3 nitrogen and oxygen atoms in total. The Labute approximate surface area is 99.5 Å². The van der Waals surface area contributed by atoms with Crippen molar-refractivity contribution < 1.29 is 4.74 Å². The molecular formula is C13H26N2O. The van der Waals surface area contributed by atoms with Crippen LogP contribution >= 0.6 is 0 Å². The molecule has 16 heavy (non-hydrogen) atoms. The maximum Gasteiger partial charge on any atom is 0.0589 e. The lowest BCUT2D eigenvalue weighted by Crippen LogP contribution is -2.40. The summed E-state index contributed by atoms with van der Waals surface area (Å²) < 4.78 is 5.14. The Kier molecular flexibility index (Phi) is 5.07. The minimum absolute atomic E-state index is 0.887. The van der Waals surface area contributed by atoms with E-state index in [2.05, 4.69) is 10.2 Å². The van der Waals surface area contributed by atoms with Gasteiger partial charge in [-0.1, -0.05) is 0 Å². The van der Waals surface area contributed by atoms with Crippen molar-refractivity contribution in [3.05, 3.63) is 0 Å². The van der Waals surface area contributed by atoms with Crippen LogP contribution in [0.1, 0.15) is 25.7 Å². The monoisotopic (exact) mass is 226 g/mol. The Morgan fingerprint density at radius 1 is 1.06 bits per heavy atom. The fourth-order valence-electron chi connectivity index (χ4n) is 3.18. The Morgan fingerprint density at radius 2 is 1.69 bits per heavy atom. The second kappa shape index (κ2) is 6.58. The largest absolute Gasteiger partial charge is 0.383 e. The number of nitrogens with zero attached hydrogens (tertiary/aromatic N) is 1. The topological polar surface area (TPSA) is 24.5 Å². The van der Waals surface area contributed by atoms with Crippen molar-refractivity contribution in [2.75, 3.05) is 46.4 Å². The molecule has 2 heterocycles. The lowest BCUT2D eigenvalue weighted by molar-refractivity contribution is 0.0977. The highest BCUT2D eigenvalue weighted by atomic mass is 16.5. The number of hydrogen-bond acceptors (Lipinski definition) is 3. The molecule has 0 aromatic rings. The lowest BCUT2D eigenvalue weighted by atomic mass is 9.79. The summed E-state index contributed by atoms with van der Waals surface area (Å²) >= 11 is 0. The molecule has 2 fully saturated rings. The summed E-state index contributed by atoms with van der Waals surface area (Å²) in [5, 5.41) is 3.46. The summed E-state index contributed by atoms with van der Waals surface area (Å²) in [6.45, 7) is 7.08. The van der Waals surface area contributed by atoms with Gasteiger partial charge in [0.05, 0.1) is 6.61 Å². The van der Waals surface area contributed by atoms with Crippen molar-refractivity contribution in [3.8, 4) is 0 Å². The molecule has 2 rings (SSSR count). The minimum Gasteiger partial charge on any atom is -0.383 e. The van der Waals surface area contributed by atoms with Gasteiger partial charge in [0.1, 0.15) is 0 Å².